The Bertz CT molecular complexity index is 394. The van der Waals surface area contributed by atoms with Gasteiger partial charge in [-0.2, -0.15) is 0 Å². The van der Waals surface area contributed by atoms with Crippen LogP contribution in [0.2, 0.25) is 5.02 Å². The van der Waals surface area contributed by atoms with Crippen molar-refractivity contribution in [3.8, 4) is 0 Å². The summed E-state index contributed by atoms with van der Waals surface area (Å²) in [5.41, 5.74) is 0.819. The van der Waals surface area contributed by atoms with Gasteiger partial charge in [-0.25, -0.2) is 0 Å². The van der Waals surface area contributed by atoms with Gasteiger partial charge in [-0.05, 0) is 17.7 Å². The van der Waals surface area contributed by atoms with Gasteiger partial charge in [0.15, 0.2) is 0 Å². The Morgan fingerprint density at radius 2 is 2.18 bits per heavy atom. The first-order chi connectivity index (χ1) is 8.15. The van der Waals surface area contributed by atoms with Crippen LogP contribution in [0.1, 0.15) is 18.1 Å². The van der Waals surface area contributed by atoms with Gasteiger partial charge < -0.3 is 15.7 Å². The van der Waals surface area contributed by atoms with Crippen LogP contribution >= 0.6 is 11.6 Å². The van der Waals surface area contributed by atoms with Crippen LogP contribution < -0.4 is 10.6 Å². The highest BCUT2D eigenvalue weighted by Gasteiger charge is 2.21. The minimum atomic E-state index is -0.581. The molecule has 0 radical (unpaired) electrons. The topological polar surface area (TPSA) is 61.4 Å². The predicted octanol–water partition coefficient (Wildman–Crippen LogP) is 0.851. The van der Waals surface area contributed by atoms with Crippen molar-refractivity contribution in [3.05, 3.63) is 34.9 Å². The lowest BCUT2D eigenvalue weighted by Gasteiger charge is -2.15. The molecule has 1 unspecified atom stereocenters. The average Bonchev–Trinajstić information content (AvgIpc) is 2.73. The van der Waals surface area contributed by atoms with Crippen molar-refractivity contribution in [3.63, 3.8) is 0 Å². The maximum absolute atomic E-state index is 11.0. The van der Waals surface area contributed by atoms with Gasteiger partial charge in [0, 0.05) is 30.6 Å². The fourth-order valence-electron chi connectivity index (χ4n) is 1.83. The summed E-state index contributed by atoms with van der Waals surface area (Å²) in [7, 11) is 0. The number of nitrogens with one attached hydrogen (secondary N) is 2. The fourth-order valence-corrected chi connectivity index (χ4v) is 1.96. The Balaban J connectivity index is 1.82. The van der Waals surface area contributed by atoms with E-state index in [0.29, 0.717) is 24.5 Å². The van der Waals surface area contributed by atoms with Gasteiger partial charge >= 0.3 is 0 Å². The molecule has 1 aromatic carbocycles. The third-order valence-electron chi connectivity index (χ3n) is 2.83. The second-order valence-corrected chi connectivity index (χ2v) is 4.62. The molecule has 2 atom stereocenters. The van der Waals surface area contributed by atoms with E-state index in [1.807, 2.05) is 0 Å². The molecule has 0 bridgehead atoms. The van der Waals surface area contributed by atoms with E-state index in [4.69, 9.17) is 11.6 Å². The molecule has 1 aliphatic rings. The van der Waals surface area contributed by atoms with Crippen LogP contribution in [0.15, 0.2) is 24.3 Å². The minimum absolute atomic E-state index is 0.0588. The van der Waals surface area contributed by atoms with Crippen LogP contribution in [-0.4, -0.2) is 30.1 Å². The molecule has 0 aliphatic carbocycles. The number of benzene rings is 1. The molecule has 1 amide bonds. The molecule has 0 spiro atoms. The number of rotatable bonds is 4. The summed E-state index contributed by atoms with van der Waals surface area (Å²) in [5.74, 6) is 0.0588. The summed E-state index contributed by atoms with van der Waals surface area (Å²) in [5, 5.41) is 16.5. The maximum atomic E-state index is 11.0. The Hall–Kier alpha value is -1.10. The summed E-state index contributed by atoms with van der Waals surface area (Å²) in [4.78, 5) is 11.0. The lowest BCUT2D eigenvalue weighted by Crippen LogP contribution is -2.34. The van der Waals surface area contributed by atoms with E-state index in [1.165, 1.54) is 0 Å². The highest BCUT2D eigenvalue weighted by molar-refractivity contribution is 6.30. The van der Waals surface area contributed by atoms with Gasteiger partial charge in [0.2, 0.25) is 5.91 Å². The number of hydrogen-bond donors (Lipinski definition) is 3. The van der Waals surface area contributed by atoms with Crippen molar-refractivity contribution in [2.75, 3.05) is 13.1 Å². The van der Waals surface area contributed by atoms with E-state index < -0.39 is 6.10 Å². The van der Waals surface area contributed by atoms with E-state index in [9.17, 15) is 9.90 Å². The van der Waals surface area contributed by atoms with E-state index in [-0.39, 0.29) is 11.9 Å². The highest BCUT2D eigenvalue weighted by Crippen LogP contribution is 2.16. The minimum Gasteiger partial charge on any atom is -0.387 e. The van der Waals surface area contributed by atoms with E-state index in [0.717, 1.165) is 5.56 Å². The van der Waals surface area contributed by atoms with Gasteiger partial charge in [0.1, 0.15) is 0 Å². The van der Waals surface area contributed by atoms with Crippen molar-refractivity contribution in [1.29, 1.82) is 0 Å². The molecule has 1 heterocycles. The molecule has 92 valence electrons. The summed E-state index contributed by atoms with van der Waals surface area (Å²) < 4.78 is 0. The zero-order chi connectivity index (χ0) is 12.3. The molecule has 1 aromatic rings. The quantitative estimate of drug-likeness (QED) is 0.747. The number of aliphatic hydroxyl groups excluding tert-OH is 1. The molecule has 3 N–H and O–H groups in total. The largest absolute Gasteiger partial charge is 0.387 e. The van der Waals surface area contributed by atoms with Crippen molar-refractivity contribution in [1.82, 2.24) is 10.6 Å². The first-order valence-corrected chi connectivity index (χ1v) is 5.96. The summed E-state index contributed by atoms with van der Waals surface area (Å²) in [6.45, 7) is 1.06. The van der Waals surface area contributed by atoms with E-state index >= 15 is 0 Å². The summed E-state index contributed by atoms with van der Waals surface area (Å²) in [6.07, 6.45) is -0.101. The number of hydrogen-bond acceptors (Lipinski definition) is 3. The number of halogens is 1. The van der Waals surface area contributed by atoms with Crippen molar-refractivity contribution >= 4 is 17.5 Å². The van der Waals surface area contributed by atoms with Crippen molar-refractivity contribution < 1.29 is 9.90 Å². The zero-order valence-electron chi connectivity index (χ0n) is 9.32. The first kappa shape index (κ1) is 12.4. The van der Waals surface area contributed by atoms with Crippen molar-refractivity contribution in [2.45, 2.75) is 18.6 Å². The van der Waals surface area contributed by atoms with Gasteiger partial charge in [-0.3, -0.25) is 4.79 Å². The highest BCUT2D eigenvalue weighted by atomic mass is 35.5. The lowest BCUT2D eigenvalue weighted by molar-refractivity contribution is -0.119. The summed E-state index contributed by atoms with van der Waals surface area (Å²) >= 11 is 5.77. The molecule has 0 aromatic heterocycles. The van der Waals surface area contributed by atoms with Crippen LogP contribution in [0.3, 0.4) is 0 Å². The Labute approximate surface area is 105 Å². The second kappa shape index (κ2) is 5.49. The molecule has 1 saturated heterocycles. The normalized spacial score (nSPS) is 21.3. The summed E-state index contributed by atoms with van der Waals surface area (Å²) in [6, 6.07) is 7.21. The van der Waals surface area contributed by atoms with E-state index in [2.05, 4.69) is 10.6 Å². The molecular weight excluding hydrogens is 240 g/mol. The molecule has 1 fully saturated rings. The molecule has 5 heteroatoms. The maximum Gasteiger partial charge on any atom is 0.221 e. The van der Waals surface area contributed by atoms with Gasteiger partial charge in [0.25, 0.3) is 0 Å². The molecule has 17 heavy (non-hydrogen) atoms. The van der Waals surface area contributed by atoms with Gasteiger partial charge in [0.05, 0.1) is 6.10 Å². The van der Waals surface area contributed by atoms with Crippen LogP contribution in [0, 0.1) is 0 Å². The van der Waals surface area contributed by atoms with Crippen LogP contribution in [0.25, 0.3) is 0 Å². The van der Waals surface area contributed by atoms with Crippen LogP contribution in [0.5, 0.6) is 0 Å². The van der Waals surface area contributed by atoms with Crippen LogP contribution in [-0.2, 0) is 4.79 Å². The zero-order valence-corrected chi connectivity index (χ0v) is 10.1. The average molecular weight is 255 g/mol. The number of aliphatic hydroxyl groups is 1. The Kier molecular flexibility index (Phi) is 3.99. The smallest absolute Gasteiger partial charge is 0.221 e. The van der Waals surface area contributed by atoms with Gasteiger partial charge in [-0.1, -0.05) is 23.7 Å². The Morgan fingerprint density at radius 3 is 2.76 bits per heavy atom. The molecule has 2 rings (SSSR count). The van der Waals surface area contributed by atoms with E-state index in [1.54, 1.807) is 24.3 Å². The number of amides is 1. The van der Waals surface area contributed by atoms with Gasteiger partial charge in [-0.15, -0.1) is 0 Å². The first-order valence-electron chi connectivity index (χ1n) is 5.59. The number of carbonyl (C=O) groups excluding carboxylic acids is 1. The standard InChI is InChI=1S/C12H15ClN2O2/c13-9-3-1-8(2-4-9)11(16)7-14-10-5-12(17)15-6-10/h1-4,10-11,14,16H,5-7H2,(H,15,17)/t10?,11-/m0/s1. The van der Waals surface area contributed by atoms with Crippen molar-refractivity contribution in [2.24, 2.45) is 0 Å². The SMILES string of the molecule is O=C1CC(NC[C@H](O)c2ccc(Cl)cc2)CN1. The third kappa shape index (κ3) is 3.43. The molecular formula is C12H15ClN2O2. The molecule has 1 aliphatic heterocycles. The second-order valence-electron chi connectivity index (χ2n) is 4.18. The van der Waals surface area contributed by atoms with Crippen LogP contribution in [0.4, 0.5) is 0 Å². The lowest BCUT2D eigenvalue weighted by atomic mass is 10.1. The molecule has 4 nitrogen and oxygen atoms in total. The molecule has 0 saturated carbocycles. The number of carbonyl (C=O) groups is 1. The Morgan fingerprint density at radius 1 is 1.47 bits per heavy atom. The monoisotopic (exact) mass is 254 g/mol. The fraction of sp³-hybridized carbons (Fsp3) is 0.417. The third-order valence-corrected chi connectivity index (χ3v) is 3.08. The predicted molar refractivity (Wildman–Crippen MR) is 65.8 cm³/mol.